The molecule has 0 radical (unpaired) electrons. The van der Waals surface area contributed by atoms with Crippen LogP contribution in [0.5, 0.6) is 0 Å². The lowest BCUT2D eigenvalue weighted by molar-refractivity contribution is -0.137. The number of amides is 2. The molecule has 1 aliphatic rings. The zero-order chi connectivity index (χ0) is 12.3. The van der Waals surface area contributed by atoms with Crippen LogP contribution in [0, 0.1) is 0 Å². The molecule has 16 heavy (non-hydrogen) atoms. The van der Waals surface area contributed by atoms with Crippen LogP contribution in [0.15, 0.2) is 0 Å². The number of nitrogens with two attached hydrogens (primary N) is 1. The van der Waals surface area contributed by atoms with Gasteiger partial charge in [0.25, 0.3) is 0 Å². The topological polar surface area (TPSA) is 75.4 Å². The van der Waals surface area contributed by atoms with Crippen LogP contribution in [-0.2, 0) is 9.59 Å². The number of carbonyl (C=O) groups is 2. The molecule has 0 unspecified atom stereocenters. The minimum absolute atomic E-state index is 0.0917. The Kier molecular flexibility index (Phi) is 3.91. The van der Waals surface area contributed by atoms with Gasteiger partial charge in [0.1, 0.15) is 0 Å². The Labute approximate surface area is 96.4 Å². The lowest BCUT2D eigenvalue weighted by atomic mass is 10.2. The van der Waals surface area contributed by atoms with E-state index in [4.69, 9.17) is 5.73 Å². The summed E-state index contributed by atoms with van der Waals surface area (Å²) in [5, 5.41) is 2.76. The molecule has 1 aliphatic carbocycles. The maximum Gasteiger partial charge on any atom is 0.243 e. The molecule has 0 atom stereocenters. The molecule has 0 aromatic heterocycles. The van der Waals surface area contributed by atoms with Crippen molar-refractivity contribution in [2.24, 2.45) is 5.73 Å². The van der Waals surface area contributed by atoms with Crippen LogP contribution in [0.4, 0.5) is 0 Å². The van der Waals surface area contributed by atoms with Crippen molar-refractivity contribution in [2.45, 2.75) is 45.2 Å². The molecule has 0 aromatic carbocycles. The highest BCUT2D eigenvalue weighted by Gasteiger charge is 2.48. The molecule has 1 rings (SSSR count). The average Bonchev–Trinajstić information content (AvgIpc) is 2.92. The Morgan fingerprint density at radius 2 is 2.00 bits per heavy atom. The van der Waals surface area contributed by atoms with Gasteiger partial charge in [-0.25, -0.2) is 0 Å². The third-order valence-corrected chi connectivity index (χ3v) is 2.67. The van der Waals surface area contributed by atoms with Crippen molar-refractivity contribution < 1.29 is 9.59 Å². The average molecular weight is 227 g/mol. The smallest absolute Gasteiger partial charge is 0.243 e. The summed E-state index contributed by atoms with van der Waals surface area (Å²) in [6, 6.07) is 0.0917. The van der Waals surface area contributed by atoms with Gasteiger partial charge in [-0.1, -0.05) is 0 Å². The summed E-state index contributed by atoms with van der Waals surface area (Å²) < 4.78 is 0. The van der Waals surface area contributed by atoms with Gasteiger partial charge in [0.05, 0.1) is 12.1 Å². The van der Waals surface area contributed by atoms with E-state index in [0.717, 1.165) is 12.8 Å². The summed E-state index contributed by atoms with van der Waals surface area (Å²) >= 11 is 0. The van der Waals surface area contributed by atoms with Gasteiger partial charge in [-0.15, -0.1) is 0 Å². The van der Waals surface area contributed by atoms with Crippen LogP contribution in [0.1, 0.15) is 33.6 Å². The molecule has 1 fully saturated rings. The quantitative estimate of drug-likeness (QED) is 0.686. The fourth-order valence-corrected chi connectivity index (χ4v) is 1.53. The molecule has 0 aliphatic heterocycles. The van der Waals surface area contributed by atoms with Crippen LogP contribution in [0.25, 0.3) is 0 Å². The summed E-state index contributed by atoms with van der Waals surface area (Å²) in [6.07, 6.45) is 1.46. The number of hydrogen-bond acceptors (Lipinski definition) is 3. The molecule has 1 saturated carbocycles. The maximum absolute atomic E-state index is 11.9. The Morgan fingerprint density at radius 3 is 2.38 bits per heavy atom. The first-order chi connectivity index (χ1) is 7.39. The first-order valence-electron chi connectivity index (χ1n) is 5.76. The summed E-state index contributed by atoms with van der Waals surface area (Å²) in [4.78, 5) is 24.9. The second-order valence-electron chi connectivity index (χ2n) is 4.70. The van der Waals surface area contributed by atoms with Crippen LogP contribution in [-0.4, -0.2) is 41.4 Å². The molecule has 5 nitrogen and oxygen atoms in total. The third-order valence-electron chi connectivity index (χ3n) is 2.67. The van der Waals surface area contributed by atoms with Gasteiger partial charge in [-0.05, 0) is 33.6 Å². The maximum atomic E-state index is 11.9. The molecular formula is C11H21N3O2. The molecule has 2 amide bonds. The third kappa shape index (κ3) is 3.20. The molecule has 0 spiro atoms. The molecule has 0 aromatic rings. The molecule has 0 heterocycles. The second kappa shape index (κ2) is 4.82. The monoisotopic (exact) mass is 227 g/mol. The minimum atomic E-state index is -0.686. The Hall–Kier alpha value is -1.10. The predicted octanol–water partition coefficient (Wildman–Crippen LogP) is -0.149. The summed E-state index contributed by atoms with van der Waals surface area (Å²) in [5.41, 5.74) is 5.13. The van der Waals surface area contributed by atoms with Crippen molar-refractivity contribution in [3.8, 4) is 0 Å². The summed E-state index contributed by atoms with van der Waals surface area (Å²) in [7, 11) is 0. The zero-order valence-corrected chi connectivity index (χ0v) is 10.2. The van der Waals surface area contributed by atoms with Crippen molar-refractivity contribution in [3.05, 3.63) is 0 Å². The van der Waals surface area contributed by atoms with Gasteiger partial charge in [-0.2, -0.15) is 0 Å². The zero-order valence-electron chi connectivity index (χ0n) is 10.2. The summed E-state index contributed by atoms with van der Waals surface area (Å²) in [6.45, 7) is 6.25. The molecule has 0 saturated heterocycles. The Balaban J connectivity index is 2.48. The number of carbonyl (C=O) groups excluding carboxylic acids is 2. The van der Waals surface area contributed by atoms with E-state index in [9.17, 15) is 9.59 Å². The van der Waals surface area contributed by atoms with Crippen molar-refractivity contribution in [1.82, 2.24) is 10.2 Å². The molecule has 3 N–H and O–H groups in total. The SMILES string of the molecule is CCN(CC(=O)NC(C)C)C(=O)C1(N)CC1. The van der Waals surface area contributed by atoms with E-state index in [1.54, 1.807) is 0 Å². The van der Waals surface area contributed by atoms with E-state index in [-0.39, 0.29) is 24.4 Å². The number of nitrogens with zero attached hydrogens (tertiary/aromatic N) is 1. The first kappa shape index (κ1) is 13.0. The van der Waals surface area contributed by atoms with Crippen LogP contribution >= 0.6 is 0 Å². The number of nitrogens with one attached hydrogen (secondary N) is 1. The molecule has 92 valence electrons. The fourth-order valence-electron chi connectivity index (χ4n) is 1.53. The van der Waals surface area contributed by atoms with Crippen LogP contribution in [0.3, 0.4) is 0 Å². The van der Waals surface area contributed by atoms with Gasteiger partial charge in [0.15, 0.2) is 0 Å². The van der Waals surface area contributed by atoms with Crippen molar-refractivity contribution in [2.75, 3.05) is 13.1 Å². The minimum Gasteiger partial charge on any atom is -0.352 e. The molecule has 5 heteroatoms. The van der Waals surface area contributed by atoms with E-state index >= 15 is 0 Å². The largest absolute Gasteiger partial charge is 0.352 e. The van der Waals surface area contributed by atoms with E-state index in [2.05, 4.69) is 5.32 Å². The Bertz CT molecular complexity index is 285. The highest BCUT2D eigenvalue weighted by molar-refractivity contribution is 5.92. The van der Waals surface area contributed by atoms with Gasteiger partial charge in [-0.3, -0.25) is 9.59 Å². The molecular weight excluding hydrogens is 206 g/mol. The Morgan fingerprint density at radius 1 is 1.44 bits per heavy atom. The normalized spacial score (nSPS) is 17.1. The molecule has 0 bridgehead atoms. The first-order valence-corrected chi connectivity index (χ1v) is 5.76. The van der Waals surface area contributed by atoms with Gasteiger partial charge in [0, 0.05) is 12.6 Å². The van der Waals surface area contributed by atoms with Crippen molar-refractivity contribution in [3.63, 3.8) is 0 Å². The van der Waals surface area contributed by atoms with E-state index in [0.29, 0.717) is 6.54 Å². The highest BCUT2D eigenvalue weighted by atomic mass is 16.2. The summed E-state index contributed by atoms with van der Waals surface area (Å²) in [5.74, 6) is -0.233. The van der Waals surface area contributed by atoms with Crippen LogP contribution < -0.4 is 11.1 Å². The van der Waals surface area contributed by atoms with Gasteiger partial charge >= 0.3 is 0 Å². The van der Waals surface area contributed by atoms with E-state index in [1.807, 2.05) is 20.8 Å². The second-order valence-corrected chi connectivity index (χ2v) is 4.70. The van der Waals surface area contributed by atoms with E-state index in [1.165, 1.54) is 4.90 Å². The van der Waals surface area contributed by atoms with Crippen molar-refractivity contribution >= 4 is 11.8 Å². The van der Waals surface area contributed by atoms with Gasteiger partial charge in [0.2, 0.25) is 11.8 Å². The lowest BCUT2D eigenvalue weighted by Crippen LogP contribution is -2.49. The highest BCUT2D eigenvalue weighted by Crippen LogP contribution is 2.33. The van der Waals surface area contributed by atoms with Crippen molar-refractivity contribution in [1.29, 1.82) is 0 Å². The number of hydrogen-bond donors (Lipinski definition) is 2. The lowest BCUT2D eigenvalue weighted by Gasteiger charge is -2.24. The fraction of sp³-hybridized carbons (Fsp3) is 0.818. The number of rotatable bonds is 5. The van der Waals surface area contributed by atoms with Gasteiger partial charge < -0.3 is 16.0 Å². The standard InChI is InChI=1S/C11H21N3O2/c1-4-14(7-9(15)13-8(2)3)10(16)11(12)5-6-11/h8H,4-7,12H2,1-3H3,(H,13,15). The van der Waals surface area contributed by atoms with Crippen LogP contribution in [0.2, 0.25) is 0 Å². The number of likely N-dealkylation sites (N-methyl/N-ethyl adjacent to an activating group) is 1. The predicted molar refractivity (Wildman–Crippen MR) is 61.7 cm³/mol. The van der Waals surface area contributed by atoms with E-state index < -0.39 is 5.54 Å².